The summed E-state index contributed by atoms with van der Waals surface area (Å²) in [6.07, 6.45) is 0. The Balaban J connectivity index is 0.00000324. The highest BCUT2D eigenvalue weighted by molar-refractivity contribution is 5.85. The van der Waals surface area contributed by atoms with Crippen molar-refractivity contribution in [1.82, 2.24) is 5.32 Å². The van der Waals surface area contributed by atoms with Crippen molar-refractivity contribution in [2.45, 2.75) is 32.9 Å². The predicted molar refractivity (Wildman–Crippen MR) is 79.9 cm³/mol. The molecule has 0 atom stereocenters. The Morgan fingerprint density at radius 2 is 1.37 bits per heavy atom. The van der Waals surface area contributed by atoms with E-state index in [1.807, 2.05) is 12.1 Å². The zero-order valence-electron chi connectivity index (χ0n) is 12.5. The van der Waals surface area contributed by atoms with E-state index in [1.165, 1.54) is 0 Å². The average Bonchev–Trinajstić information content (AvgIpc) is 2.34. The van der Waals surface area contributed by atoms with Crippen LogP contribution in [0.15, 0.2) is 12.1 Å². The quantitative estimate of drug-likeness (QED) is 0.904. The minimum Gasteiger partial charge on any atom is -0.496 e. The van der Waals surface area contributed by atoms with Gasteiger partial charge in [0.25, 0.3) is 0 Å². The summed E-state index contributed by atoms with van der Waals surface area (Å²) in [5.74, 6) is 2.18. The number of methoxy groups -OCH3 is 3. The van der Waals surface area contributed by atoms with Gasteiger partial charge in [0.1, 0.15) is 5.75 Å². The van der Waals surface area contributed by atoms with Crippen molar-refractivity contribution in [1.29, 1.82) is 0 Å². The Bertz CT molecular complexity index is 402. The molecule has 0 heterocycles. The molecule has 0 bridgehead atoms. The van der Waals surface area contributed by atoms with Gasteiger partial charge in [-0.2, -0.15) is 0 Å². The fourth-order valence-electron chi connectivity index (χ4n) is 1.59. The van der Waals surface area contributed by atoms with Crippen molar-refractivity contribution in [3.05, 3.63) is 17.7 Å². The van der Waals surface area contributed by atoms with Gasteiger partial charge >= 0.3 is 0 Å². The lowest BCUT2D eigenvalue weighted by Gasteiger charge is -2.22. The Hall–Kier alpha value is -1.13. The molecule has 1 aromatic rings. The fourth-order valence-corrected chi connectivity index (χ4v) is 1.59. The van der Waals surface area contributed by atoms with E-state index in [2.05, 4.69) is 26.1 Å². The van der Waals surface area contributed by atoms with E-state index in [1.54, 1.807) is 21.3 Å². The molecule has 0 spiro atoms. The van der Waals surface area contributed by atoms with Crippen molar-refractivity contribution in [3.63, 3.8) is 0 Å². The fraction of sp³-hybridized carbons (Fsp3) is 0.571. The summed E-state index contributed by atoms with van der Waals surface area (Å²) >= 11 is 0. The van der Waals surface area contributed by atoms with Crippen LogP contribution in [-0.2, 0) is 6.54 Å². The minimum atomic E-state index is 0. The van der Waals surface area contributed by atoms with E-state index in [4.69, 9.17) is 14.2 Å². The van der Waals surface area contributed by atoms with Gasteiger partial charge in [0.15, 0.2) is 11.5 Å². The van der Waals surface area contributed by atoms with E-state index in [0.29, 0.717) is 18.0 Å². The van der Waals surface area contributed by atoms with Crippen molar-refractivity contribution >= 4 is 12.4 Å². The Morgan fingerprint density at radius 3 is 1.79 bits per heavy atom. The molecule has 0 aliphatic heterocycles. The van der Waals surface area contributed by atoms with Crippen LogP contribution < -0.4 is 19.5 Å². The third-order valence-electron chi connectivity index (χ3n) is 2.60. The van der Waals surface area contributed by atoms with E-state index in [-0.39, 0.29) is 17.9 Å². The third-order valence-corrected chi connectivity index (χ3v) is 2.60. The van der Waals surface area contributed by atoms with E-state index in [0.717, 1.165) is 11.3 Å². The number of benzene rings is 1. The molecule has 0 aliphatic carbocycles. The zero-order valence-corrected chi connectivity index (χ0v) is 13.3. The molecule has 1 N–H and O–H groups in total. The smallest absolute Gasteiger partial charge is 0.164 e. The maximum atomic E-state index is 5.38. The topological polar surface area (TPSA) is 39.7 Å². The highest BCUT2D eigenvalue weighted by atomic mass is 35.5. The van der Waals surface area contributed by atoms with Gasteiger partial charge in [-0.25, -0.2) is 0 Å². The van der Waals surface area contributed by atoms with Gasteiger partial charge in [0.2, 0.25) is 0 Å². The molecular formula is C14H24ClNO3. The van der Waals surface area contributed by atoms with Crippen LogP contribution in [0.25, 0.3) is 0 Å². The van der Waals surface area contributed by atoms with Crippen LogP contribution in [0.5, 0.6) is 17.2 Å². The van der Waals surface area contributed by atoms with E-state index in [9.17, 15) is 0 Å². The summed E-state index contributed by atoms with van der Waals surface area (Å²) < 4.78 is 15.9. The first-order chi connectivity index (χ1) is 8.41. The molecule has 4 nitrogen and oxygen atoms in total. The molecule has 0 radical (unpaired) electrons. The molecule has 1 aromatic carbocycles. The SMILES string of the molecule is COc1cc(OC)c(OC)cc1CNC(C)(C)C.Cl. The number of rotatable bonds is 5. The second kappa shape index (κ2) is 7.46. The molecule has 5 heteroatoms. The molecule has 0 amide bonds. The standard InChI is InChI=1S/C14H23NO3.ClH/c1-14(2,3)15-9-10-7-12(17-5)13(18-6)8-11(10)16-4;/h7-8,15H,9H2,1-6H3;1H. The number of hydrogen-bond donors (Lipinski definition) is 1. The summed E-state index contributed by atoms with van der Waals surface area (Å²) in [6.45, 7) is 7.09. The monoisotopic (exact) mass is 289 g/mol. The van der Waals surface area contributed by atoms with Crippen molar-refractivity contribution < 1.29 is 14.2 Å². The van der Waals surface area contributed by atoms with Gasteiger partial charge in [-0.05, 0) is 26.8 Å². The van der Waals surface area contributed by atoms with Crippen LogP contribution in [0.1, 0.15) is 26.3 Å². The molecule has 0 aliphatic rings. The second-order valence-corrected chi connectivity index (χ2v) is 5.12. The molecule has 110 valence electrons. The average molecular weight is 290 g/mol. The van der Waals surface area contributed by atoms with E-state index < -0.39 is 0 Å². The largest absolute Gasteiger partial charge is 0.496 e. The van der Waals surface area contributed by atoms with E-state index >= 15 is 0 Å². The number of hydrogen-bond acceptors (Lipinski definition) is 4. The molecule has 0 aromatic heterocycles. The molecule has 0 fully saturated rings. The summed E-state index contributed by atoms with van der Waals surface area (Å²) in [7, 11) is 4.90. The van der Waals surface area contributed by atoms with Crippen LogP contribution >= 0.6 is 12.4 Å². The van der Waals surface area contributed by atoms with Gasteiger partial charge in [-0.15, -0.1) is 12.4 Å². The van der Waals surface area contributed by atoms with Crippen molar-refractivity contribution in [2.75, 3.05) is 21.3 Å². The predicted octanol–water partition coefficient (Wildman–Crippen LogP) is 3.02. The Kier molecular flexibility index (Phi) is 7.01. The summed E-state index contributed by atoms with van der Waals surface area (Å²) in [6, 6.07) is 3.79. The maximum absolute atomic E-state index is 5.38. The first-order valence-corrected chi connectivity index (χ1v) is 5.95. The molecule has 0 unspecified atom stereocenters. The number of ether oxygens (including phenoxy) is 3. The Labute approximate surface area is 121 Å². The molecule has 19 heavy (non-hydrogen) atoms. The first kappa shape index (κ1) is 17.9. The highest BCUT2D eigenvalue weighted by Crippen LogP contribution is 2.34. The third kappa shape index (κ3) is 5.17. The van der Waals surface area contributed by atoms with Crippen LogP contribution in [0, 0.1) is 0 Å². The van der Waals surface area contributed by atoms with Crippen molar-refractivity contribution in [3.8, 4) is 17.2 Å². The van der Waals surface area contributed by atoms with Gasteiger partial charge < -0.3 is 19.5 Å². The highest BCUT2D eigenvalue weighted by Gasteiger charge is 2.14. The van der Waals surface area contributed by atoms with Crippen LogP contribution in [0.4, 0.5) is 0 Å². The number of nitrogens with one attached hydrogen (secondary N) is 1. The lowest BCUT2D eigenvalue weighted by molar-refractivity contribution is 0.345. The lowest BCUT2D eigenvalue weighted by Crippen LogP contribution is -2.35. The molecular weight excluding hydrogens is 266 g/mol. The summed E-state index contributed by atoms with van der Waals surface area (Å²) in [5, 5.41) is 3.43. The van der Waals surface area contributed by atoms with Crippen molar-refractivity contribution in [2.24, 2.45) is 0 Å². The summed E-state index contributed by atoms with van der Waals surface area (Å²) in [5.41, 5.74) is 1.10. The molecule has 0 saturated carbocycles. The minimum absolute atomic E-state index is 0. The first-order valence-electron chi connectivity index (χ1n) is 5.95. The van der Waals surface area contributed by atoms with Gasteiger partial charge in [-0.1, -0.05) is 0 Å². The van der Waals surface area contributed by atoms with Crippen LogP contribution in [-0.4, -0.2) is 26.9 Å². The maximum Gasteiger partial charge on any atom is 0.164 e. The summed E-state index contributed by atoms with van der Waals surface area (Å²) in [4.78, 5) is 0. The van der Waals surface area contributed by atoms with Gasteiger partial charge in [0.05, 0.1) is 21.3 Å². The second-order valence-electron chi connectivity index (χ2n) is 5.12. The van der Waals surface area contributed by atoms with Gasteiger partial charge in [-0.3, -0.25) is 0 Å². The lowest BCUT2D eigenvalue weighted by atomic mass is 10.1. The number of halogens is 1. The van der Waals surface area contributed by atoms with Crippen LogP contribution in [0.3, 0.4) is 0 Å². The Morgan fingerprint density at radius 1 is 0.895 bits per heavy atom. The normalized spacial score (nSPS) is 10.6. The molecule has 1 rings (SSSR count). The van der Waals surface area contributed by atoms with Gasteiger partial charge in [0, 0.05) is 23.7 Å². The van der Waals surface area contributed by atoms with Crippen LogP contribution in [0.2, 0.25) is 0 Å². The zero-order chi connectivity index (χ0) is 13.8. The molecule has 0 saturated heterocycles.